The Kier molecular flexibility index (Phi) is 6.12. The molecule has 1 amide bonds. The molecular formula is C19H18N2O8. The highest BCUT2D eigenvalue weighted by Crippen LogP contribution is 2.32. The van der Waals surface area contributed by atoms with E-state index in [-0.39, 0.29) is 11.4 Å². The molecule has 1 atom stereocenters. The molecule has 1 unspecified atom stereocenters. The number of rotatable bonds is 7. The number of nitrogens with one attached hydrogen (secondary N) is 1. The van der Waals surface area contributed by atoms with Crippen LogP contribution in [0.15, 0.2) is 42.5 Å². The summed E-state index contributed by atoms with van der Waals surface area (Å²) in [6, 6.07) is 10.6. The van der Waals surface area contributed by atoms with Crippen LogP contribution in [0.4, 0.5) is 11.4 Å². The molecule has 0 spiro atoms. The van der Waals surface area contributed by atoms with Gasteiger partial charge < -0.3 is 24.3 Å². The van der Waals surface area contributed by atoms with Crippen molar-refractivity contribution in [2.24, 2.45) is 0 Å². The zero-order chi connectivity index (χ0) is 20.8. The number of nitrogens with zero attached hydrogens (tertiary/aromatic N) is 1. The Labute approximate surface area is 165 Å². The number of fused-ring (bicyclic) bond motifs is 1. The zero-order valence-corrected chi connectivity index (χ0v) is 15.5. The third-order valence-corrected chi connectivity index (χ3v) is 3.89. The van der Waals surface area contributed by atoms with Crippen LogP contribution in [0.3, 0.4) is 0 Å². The summed E-state index contributed by atoms with van der Waals surface area (Å²) in [6.07, 6.45) is -1.11. The van der Waals surface area contributed by atoms with Crippen LogP contribution in [0, 0.1) is 10.1 Å². The van der Waals surface area contributed by atoms with Crippen molar-refractivity contribution in [1.29, 1.82) is 0 Å². The number of amides is 1. The number of para-hydroxylation sites is 2. The lowest BCUT2D eigenvalue weighted by atomic mass is 10.2. The fourth-order valence-electron chi connectivity index (χ4n) is 2.52. The number of carbonyl (C=O) groups is 2. The summed E-state index contributed by atoms with van der Waals surface area (Å²) in [5, 5.41) is 13.5. The van der Waals surface area contributed by atoms with Crippen molar-refractivity contribution in [2.45, 2.75) is 13.0 Å². The number of nitro groups is 1. The Bertz CT molecular complexity index is 930. The van der Waals surface area contributed by atoms with Gasteiger partial charge in [-0.15, -0.1) is 0 Å². The lowest BCUT2D eigenvalue weighted by Gasteiger charge is -2.19. The van der Waals surface area contributed by atoms with Gasteiger partial charge in [0.05, 0.1) is 4.92 Å². The second-order valence-electron chi connectivity index (χ2n) is 5.99. The maximum atomic E-state index is 12.2. The fraction of sp³-hybridized carbons (Fsp3) is 0.263. The number of carbonyl (C=O) groups excluding carboxylic acids is 2. The van der Waals surface area contributed by atoms with Crippen LogP contribution in [-0.2, 0) is 14.3 Å². The Morgan fingerprint density at radius 1 is 1.17 bits per heavy atom. The molecule has 0 bridgehead atoms. The van der Waals surface area contributed by atoms with Gasteiger partial charge in [-0.2, -0.15) is 0 Å². The first-order chi connectivity index (χ1) is 13.9. The van der Waals surface area contributed by atoms with Gasteiger partial charge in [0.2, 0.25) is 0 Å². The van der Waals surface area contributed by atoms with Crippen molar-refractivity contribution in [1.82, 2.24) is 0 Å². The van der Waals surface area contributed by atoms with Crippen molar-refractivity contribution >= 4 is 23.3 Å². The summed E-state index contributed by atoms with van der Waals surface area (Å²) in [5.41, 5.74) is 0.183. The van der Waals surface area contributed by atoms with Crippen LogP contribution in [0.1, 0.15) is 6.92 Å². The van der Waals surface area contributed by atoms with E-state index in [1.807, 2.05) is 0 Å². The lowest BCUT2D eigenvalue weighted by Crippen LogP contribution is -2.31. The molecule has 0 aromatic heterocycles. The average Bonchev–Trinajstić information content (AvgIpc) is 2.72. The summed E-state index contributed by atoms with van der Waals surface area (Å²) >= 11 is 0. The highest BCUT2D eigenvalue weighted by Gasteiger charge is 2.21. The minimum atomic E-state index is -1.11. The highest BCUT2D eigenvalue weighted by molar-refractivity contribution is 5.95. The molecule has 29 heavy (non-hydrogen) atoms. The van der Waals surface area contributed by atoms with E-state index in [1.54, 1.807) is 18.2 Å². The molecule has 3 rings (SSSR count). The predicted molar refractivity (Wildman–Crippen MR) is 100 cm³/mol. The van der Waals surface area contributed by atoms with E-state index in [4.69, 9.17) is 18.9 Å². The van der Waals surface area contributed by atoms with Crippen molar-refractivity contribution in [3.8, 4) is 17.2 Å². The number of hydrogen-bond acceptors (Lipinski definition) is 8. The summed E-state index contributed by atoms with van der Waals surface area (Å²) in [7, 11) is 0. The molecule has 1 N–H and O–H groups in total. The van der Waals surface area contributed by atoms with Gasteiger partial charge in [-0.05, 0) is 25.1 Å². The number of esters is 1. The maximum absolute atomic E-state index is 12.2. The molecule has 1 aliphatic heterocycles. The molecular weight excluding hydrogens is 384 g/mol. The smallest absolute Gasteiger partial charge is 0.344 e. The molecule has 1 aliphatic rings. The van der Waals surface area contributed by atoms with Crippen LogP contribution >= 0.6 is 0 Å². The molecule has 0 fully saturated rings. The molecule has 2 aromatic rings. The second kappa shape index (κ2) is 8.91. The Morgan fingerprint density at radius 3 is 2.66 bits per heavy atom. The van der Waals surface area contributed by atoms with E-state index >= 15 is 0 Å². The third kappa shape index (κ3) is 5.12. The van der Waals surface area contributed by atoms with Gasteiger partial charge in [-0.25, -0.2) is 4.79 Å². The van der Waals surface area contributed by atoms with E-state index < -0.39 is 29.5 Å². The summed E-state index contributed by atoms with van der Waals surface area (Å²) < 4.78 is 21.0. The third-order valence-electron chi connectivity index (χ3n) is 3.89. The molecule has 0 radical (unpaired) electrons. The summed E-state index contributed by atoms with van der Waals surface area (Å²) in [4.78, 5) is 34.5. The minimum Gasteiger partial charge on any atom is -0.486 e. The average molecular weight is 402 g/mol. The number of anilines is 1. The zero-order valence-electron chi connectivity index (χ0n) is 15.5. The molecule has 1 heterocycles. The second-order valence-corrected chi connectivity index (χ2v) is 5.99. The van der Waals surface area contributed by atoms with Crippen molar-refractivity contribution < 1.29 is 33.5 Å². The fourth-order valence-corrected chi connectivity index (χ4v) is 2.52. The molecule has 2 aromatic carbocycles. The number of nitro benzene ring substituents is 1. The van der Waals surface area contributed by atoms with Crippen molar-refractivity contribution in [3.05, 3.63) is 52.6 Å². The SMILES string of the molecule is CC(OC(=O)COc1ccccc1[N+](=O)[O-])C(=O)Nc1ccc2c(c1)OCCO2. The number of benzene rings is 2. The molecule has 0 aliphatic carbocycles. The minimum absolute atomic E-state index is 0.0668. The monoisotopic (exact) mass is 402 g/mol. The summed E-state index contributed by atoms with van der Waals surface area (Å²) in [6.45, 7) is 1.70. The van der Waals surface area contributed by atoms with Gasteiger partial charge >= 0.3 is 11.7 Å². The standard InChI is InChI=1S/C19H18N2O8/c1-12(19(23)20-13-6-7-16-17(10-13)27-9-8-26-16)29-18(22)11-28-15-5-3-2-4-14(15)21(24)25/h2-7,10,12H,8-9,11H2,1H3,(H,20,23). The normalized spacial score (nSPS) is 13.1. The van der Waals surface area contributed by atoms with Crippen LogP contribution in [-0.4, -0.2) is 42.7 Å². The Morgan fingerprint density at radius 2 is 1.90 bits per heavy atom. The van der Waals surface area contributed by atoms with Gasteiger partial charge in [0.15, 0.2) is 30.0 Å². The van der Waals surface area contributed by atoms with Gasteiger partial charge in [0.1, 0.15) is 13.2 Å². The Hall–Kier alpha value is -3.82. The van der Waals surface area contributed by atoms with Crippen LogP contribution < -0.4 is 19.5 Å². The van der Waals surface area contributed by atoms with Gasteiger partial charge in [-0.1, -0.05) is 12.1 Å². The predicted octanol–water partition coefficient (Wildman–Crippen LogP) is 2.32. The van der Waals surface area contributed by atoms with Crippen molar-refractivity contribution in [2.75, 3.05) is 25.1 Å². The van der Waals surface area contributed by atoms with Gasteiger partial charge in [0.25, 0.3) is 5.91 Å². The molecule has 0 saturated carbocycles. The maximum Gasteiger partial charge on any atom is 0.344 e. The van der Waals surface area contributed by atoms with Crippen molar-refractivity contribution in [3.63, 3.8) is 0 Å². The highest BCUT2D eigenvalue weighted by atomic mass is 16.6. The van der Waals surface area contributed by atoms with Gasteiger partial charge in [0, 0.05) is 17.8 Å². The topological polar surface area (TPSA) is 126 Å². The van der Waals surface area contributed by atoms with E-state index in [1.165, 1.54) is 31.2 Å². The molecule has 152 valence electrons. The molecule has 0 saturated heterocycles. The largest absolute Gasteiger partial charge is 0.486 e. The molecule has 10 nitrogen and oxygen atoms in total. The number of hydrogen-bond donors (Lipinski definition) is 1. The number of ether oxygens (including phenoxy) is 4. The van der Waals surface area contributed by atoms with Crippen LogP contribution in [0.5, 0.6) is 17.2 Å². The van der Waals surface area contributed by atoms with E-state index in [2.05, 4.69) is 5.32 Å². The van der Waals surface area contributed by atoms with E-state index in [9.17, 15) is 19.7 Å². The van der Waals surface area contributed by atoms with E-state index in [0.29, 0.717) is 30.4 Å². The van der Waals surface area contributed by atoms with Crippen LogP contribution in [0.2, 0.25) is 0 Å². The van der Waals surface area contributed by atoms with E-state index in [0.717, 1.165) is 0 Å². The van der Waals surface area contributed by atoms with Gasteiger partial charge in [-0.3, -0.25) is 14.9 Å². The Balaban J connectivity index is 1.52. The quantitative estimate of drug-likeness (QED) is 0.425. The molecule has 10 heteroatoms. The summed E-state index contributed by atoms with van der Waals surface area (Å²) in [5.74, 6) is -0.367. The first kappa shape index (κ1) is 19.9. The first-order valence-electron chi connectivity index (χ1n) is 8.70. The van der Waals surface area contributed by atoms with Crippen LogP contribution in [0.25, 0.3) is 0 Å². The first-order valence-corrected chi connectivity index (χ1v) is 8.70. The lowest BCUT2D eigenvalue weighted by molar-refractivity contribution is -0.385.